The molecule has 0 radical (unpaired) electrons. The molecule has 1 N–H and O–H groups in total. The highest BCUT2D eigenvalue weighted by Crippen LogP contribution is 2.24. The standard InChI is InChI=1S/C21H26ClN3O5S/c1-14(2)11-20(23-31(29,30)18-8-5-15(3)6-9-18)21(26)24(4)13-16-12-17(25(27)28)7-10-19(16)22/h5-10,12,14,20,23H,11,13H2,1-4H3. The third-order valence-electron chi connectivity index (χ3n) is 4.66. The number of nitro benzene ring substituents is 1. The number of non-ortho nitro benzene ring substituents is 1. The number of nitro groups is 1. The average Bonchev–Trinajstić information content (AvgIpc) is 2.68. The first-order valence-corrected chi connectivity index (χ1v) is 11.5. The molecule has 1 amide bonds. The summed E-state index contributed by atoms with van der Waals surface area (Å²) in [6.07, 6.45) is 0.289. The highest BCUT2D eigenvalue weighted by atomic mass is 35.5. The highest BCUT2D eigenvalue weighted by molar-refractivity contribution is 7.89. The zero-order chi connectivity index (χ0) is 23.3. The molecule has 1 atom stereocenters. The van der Waals surface area contributed by atoms with Gasteiger partial charge in [0, 0.05) is 30.7 Å². The topological polar surface area (TPSA) is 110 Å². The van der Waals surface area contributed by atoms with Crippen molar-refractivity contribution in [2.75, 3.05) is 7.05 Å². The summed E-state index contributed by atoms with van der Waals surface area (Å²) in [4.78, 5) is 25.0. The molecule has 0 aliphatic heterocycles. The molecule has 0 bridgehead atoms. The van der Waals surface area contributed by atoms with Crippen LogP contribution in [-0.4, -0.2) is 37.2 Å². The Labute approximate surface area is 187 Å². The van der Waals surface area contributed by atoms with Gasteiger partial charge in [0.25, 0.3) is 5.69 Å². The molecule has 168 valence electrons. The first-order valence-electron chi connectivity index (χ1n) is 9.67. The summed E-state index contributed by atoms with van der Waals surface area (Å²) in [6, 6.07) is 9.34. The summed E-state index contributed by atoms with van der Waals surface area (Å²) in [6.45, 7) is 5.62. The van der Waals surface area contributed by atoms with Crippen molar-refractivity contribution < 1.29 is 18.1 Å². The van der Waals surface area contributed by atoms with Gasteiger partial charge >= 0.3 is 0 Å². The summed E-state index contributed by atoms with van der Waals surface area (Å²) < 4.78 is 28.1. The van der Waals surface area contributed by atoms with Crippen molar-refractivity contribution in [1.82, 2.24) is 9.62 Å². The van der Waals surface area contributed by atoms with Gasteiger partial charge in [-0.15, -0.1) is 0 Å². The van der Waals surface area contributed by atoms with E-state index in [0.717, 1.165) is 5.56 Å². The smallest absolute Gasteiger partial charge is 0.269 e. The maximum Gasteiger partial charge on any atom is 0.269 e. The quantitative estimate of drug-likeness (QED) is 0.444. The van der Waals surface area contributed by atoms with E-state index < -0.39 is 26.9 Å². The minimum absolute atomic E-state index is 0.000200. The molecule has 31 heavy (non-hydrogen) atoms. The van der Waals surface area contributed by atoms with Crippen LogP contribution >= 0.6 is 11.6 Å². The first kappa shape index (κ1) is 24.8. The normalized spacial score (nSPS) is 12.6. The van der Waals surface area contributed by atoms with Gasteiger partial charge in [-0.25, -0.2) is 8.42 Å². The Bertz CT molecular complexity index is 1060. The number of benzene rings is 2. The third-order valence-corrected chi connectivity index (χ3v) is 6.51. The lowest BCUT2D eigenvalue weighted by Gasteiger charge is -2.26. The molecule has 0 aliphatic rings. The summed E-state index contributed by atoms with van der Waals surface area (Å²) in [5, 5.41) is 11.3. The molecule has 2 aromatic carbocycles. The second-order valence-electron chi connectivity index (χ2n) is 7.84. The van der Waals surface area contributed by atoms with Crippen LogP contribution in [0.1, 0.15) is 31.4 Å². The highest BCUT2D eigenvalue weighted by Gasteiger charge is 2.29. The van der Waals surface area contributed by atoms with E-state index in [4.69, 9.17) is 11.6 Å². The number of rotatable bonds is 9. The van der Waals surface area contributed by atoms with E-state index in [1.54, 1.807) is 12.1 Å². The van der Waals surface area contributed by atoms with Crippen LogP contribution in [0, 0.1) is 23.0 Å². The lowest BCUT2D eigenvalue weighted by atomic mass is 10.0. The molecule has 0 saturated carbocycles. The number of hydrogen-bond donors (Lipinski definition) is 1. The van der Waals surface area contributed by atoms with Gasteiger partial charge in [-0.3, -0.25) is 14.9 Å². The Kier molecular flexibility index (Phi) is 8.16. The van der Waals surface area contributed by atoms with E-state index in [-0.39, 0.29) is 34.5 Å². The molecule has 0 aromatic heterocycles. The number of amides is 1. The van der Waals surface area contributed by atoms with Crippen LogP contribution in [0.2, 0.25) is 5.02 Å². The Morgan fingerprint density at radius 3 is 2.35 bits per heavy atom. The molecule has 1 unspecified atom stereocenters. The number of carbonyl (C=O) groups is 1. The van der Waals surface area contributed by atoms with Crippen molar-refractivity contribution in [2.45, 2.75) is 44.7 Å². The summed E-state index contributed by atoms with van der Waals surface area (Å²) in [5.74, 6) is -0.406. The predicted octanol–water partition coefficient (Wildman–Crippen LogP) is 3.91. The monoisotopic (exact) mass is 467 g/mol. The molecule has 2 aromatic rings. The van der Waals surface area contributed by atoms with Gasteiger partial charge < -0.3 is 4.90 Å². The first-order chi connectivity index (χ1) is 14.4. The maximum absolute atomic E-state index is 13.1. The number of sulfonamides is 1. The fraction of sp³-hybridized carbons (Fsp3) is 0.381. The predicted molar refractivity (Wildman–Crippen MR) is 119 cm³/mol. The fourth-order valence-corrected chi connectivity index (χ4v) is 4.42. The molecule has 2 rings (SSSR count). The average molecular weight is 468 g/mol. The Morgan fingerprint density at radius 2 is 1.81 bits per heavy atom. The second kappa shape index (κ2) is 10.2. The molecule has 0 aliphatic carbocycles. The molecule has 0 fully saturated rings. The fourth-order valence-electron chi connectivity index (χ4n) is 3.04. The molecule has 0 spiro atoms. The van der Waals surface area contributed by atoms with E-state index in [1.807, 2.05) is 20.8 Å². The van der Waals surface area contributed by atoms with Crippen molar-refractivity contribution >= 4 is 33.2 Å². The van der Waals surface area contributed by atoms with Gasteiger partial charge in [0.2, 0.25) is 15.9 Å². The van der Waals surface area contributed by atoms with E-state index in [0.29, 0.717) is 5.56 Å². The number of nitrogens with one attached hydrogen (secondary N) is 1. The number of halogens is 1. The number of carbonyl (C=O) groups excluding carboxylic acids is 1. The molecular weight excluding hydrogens is 442 g/mol. The third kappa shape index (κ3) is 6.75. The lowest BCUT2D eigenvalue weighted by Crippen LogP contribution is -2.47. The molecule has 0 saturated heterocycles. The van der Waals surface area contributed by atoms with Gasteiger partial charge in [-0.1, -0.05) is 43.1 Å². The summed E-state index contributed by atoms with van der Waals surface area (Å²) in [7, 11) is -2.41. The number of likely N-dealkylation sites (N-methyl/N-ethyl adjacent to an activating group) is 1. The van der Waals surface area contributed by atoms with Gasteiger partial charge in [0.05, 0.1) is 9.82 Å². The van der Waals surface area contributed by atoms with Crippen molar-refractivity contribution in [1.29, 1.82) is 0 Å². The number of aryl methyl sites for hydroxylation is 1. The Morgan fingerprint density at radius 1 is 1.19 bits per heavy atom. The van der Waals surface area contributed by atoms with Gasteiger partial charge in [0.15, 0.2) is 0 Å². The maximum atomic E-state index is 13.1. The van der Waals surface area contributed by atoms with Crippen LogP contribution in [0.15, 0.2) is 47.4 Å². The van der Waals surface area contributed by atoms with Crippen molar-refractivity contribution in [3.05, 3.63) is 68.7 Å². The minimum atomic E-state index is -3.91. The number of nitrogens with zero attached hydrogens (tertiary/aromatic N) is 2. The zero-order valence-corrected chi connectivity index (χ0v) is 19.4. The van der Waals surface area contributed by atoms with Crippen LogP contribution in [0.5, 0.6) is 0 Å². The van der Waals surface area contributed by atoms with Crippen molar-refractivity contribution in [3.63, 3.8) is 0 Å². The molecular formula is C21H26ClN3O5S. The van der Waals surface area contributed by atoms with E-state index >= 15 is 0 Å². The Hall–Kier alpha value is -2.49. The molecule has 10 heteroatoms. The number of hydrogen-bond acceptors (Lipinski definition) is 5. The van der Waals surface area contributed by atoms with Crippen LogP contribution in [0.25, 0.3) is 0 Å². The second-order valence-corrected chi connectivity index (χ2v) is 9.96. The van der Waals surface area contributed by atoms with Gasteiger partial charge in [0.1, 0.15) is 6.04 Å². The largest absolute Gasteiger partial charge is 0.340 e. The van der Waals surface area contributed by atoms with Gasteiger partial charge in [-0.05, 0) is 43.0 Å². The van der Waals surface area contributed by atoms with Crippen LogP contribution in [0.3, 0.4) is 0 Å². The molecule has 0 heterocycles. The minimum Gasteiger partial charge on any atom is -0.340 e. The van der Waals surface area contributed by atoms with Crippen molar-refractivity contribution in [2.24, 2.45) is 5.92 Å². The van der Waals surface area contributed by atoms with Crippen LogP contribution in [-0.2, 0) is 21.4 Å². The van der Waals surface area contributed by atoms with Crippen LogP contribution in [0.4, 0.5) is 5.69 Å². The van der Waals surface area contributed by atoms with Crippen molar-refractivity contribution in [3.8, 4) is 0 Å². The summed E-state index contributed by atoms with van der Waals surface area (Å²) in [5.41, 5.74) is 1.18. The SMILES string of the molecule is Cc1ccc(S(=O)(=O)NC(CC(C)C)C(=O)N(C)Cc2cc([N+](=O)[O-])ccc2Cl)cc1. The van der Waals surface area contributed by atoms with E-state index in [1.165, 1.54) is 42.3 Å². The Balaban J connectivity index is 2.25. The van der Waals surface area contributed by atoms with E-state index in [2.05, 4.69) is 4.72 Å². The summed E-state index contributed by atoms with van der Waals surface area (Å²) >= 11 is 6.14. The zero-order valence-electron chi connectivity index (χ0n) is 17.8. The van der Waals surface area contributed by atoms with E-state index in [9.17, 15) is 23.3 Å². The van der Waals surface area contributed by atoms with Gasteiger partial charge in [-0.2, -0.15) is 4.72 Å². The lowest BCUT2D eigenvalue weighted by molar-refractivity contribution is -0.384. The van der Waals surface area contributed by atoms with Crippen LogP contribution < -0.4 is 4.72 Å². The molecule has 8 nitrogen and oxygen atoms in total.